The van der Waals surface area contributed by atoms with Gasteiger partial charge in [-0.2, -0.15) is 0 Å². The molecule has 0 radical (unpaired) electrons. The van der Waals surface area contributed by atoms with Crippen molar-refractivity contribution in [3.63, 3.8) is 0 Å². The predicted molar refractivity (Wildman–Crippen MR) is 68.6 cm³/mol. The van der Waals surface area contributed by atoms with Gasteiger partial charge >= 0.3 is 0 Å². The molecule has 0 spiro atoms. The van der Waals surface area contributed by atoms with Crippen LogP contribution in [-0.2, 0) is 0 Å². The Kier molecular flexibility index (Phi) is 3.62. The smallest absolute Gasteiger partial charge is 0.149 e. The zero-order valence-corrected chi connectivity index (χ0v) is 10.6. The van der Waals surface area contributed by atoms with Gasteiger partial charge in [0.2, 0.25) is 0 Å². The average Bonchev–Trinajstić information content (AvgIpc) is 2.72. The van der Waals surface area contributed by atoms with Gasteiger partial charge in [-0.05, 0) is 24.3 Å². The monoisotopic (exact) mass is 289 g/mol. The van der Waals surface area contributed by atoms with Crippen LogP contribution in [0.2, 0.25) is 15.1 Å². The average molecular weight is 291 g/mol. The molecule has 0 bridgehead atoms. The second kappa shape index (κ2) is 5.00. The highest BCUT2D eigenvalue weighted by molar-refractivity contribution is 6.44. The Morgan fingerprint density at radius 2 is 1.76 bits per heavy atom. The Morgan fingerprint density at radius 3 is 2.47 bits per heavy atom. The number of hydrogen-bond donors (Lipinski definition) is 1. The molecule has 6 heteroatoms. The van der Waals surface area contributed by atoms with Gasteiger partial charge in [-0.25, -0.2) is 0 Å². The summed E-state index contributed by atoms with van der Waals surface area (Å²) in [6, 6.07) is 6.50. The molecule has 0 aliphatic rings. The fourth-order valence-corrected chi connectivity index (χ4v) is 1.98. The molecule has 1 N–H and O–H groups in total. The van der Waals surface area contributed by atoms with Crippen molar-refractivity contribution in [3.8, 4) is 11.3 Å². The van der Waals surface area contributed by atoms with Crippen LogP contribution in [0.4, 0.5) is 0 Å². The van der Waals surface area contributed by atoms with E-state index in [1.54, 1.807) is 24.3 Å². The van der Waals surface area contributed by atoms with Gasteiger partial charge in [-0.15, -0.1) is 0 Å². The first-order valence-corrected chi connectivity index (χ1v) is 5.67. The summed E-state index contributed by atoms with van der Waals surface area (Å²) < 4.78 is 5.39. The summed E-state index contributed by atoms with van der Waals surface area (Å²) in [6.45, 7) is 0. The van der Waals surface area contributed by atoms with Crippen molar-refractivity contribution < 1.29 is 9.62 Å². The summed E-state index contributed by atoms with van der Waals surface area (Å²) in [5.41, 5.74) is 0.624. The molecule has 2 rings (SSSR count). The normalized spacial score (nSPS) is 11.2. The van der Waals surface area contributed by atoms with E-state index in [2.05, 4.69) is 5.16 Å². The van der Waals surface area contributed by atoms with Crippen LogP contribution >= 0.6 is 34.8 Å². The van der Waals surface area contributed by atoms with Crippen molar-refractivity contribution in [2.24, 2.45) is 5.16 Å². The third-order valence-corrected chi connectivity index (χ3v) is 3.12. The molecule has 88 valence electrons. The molecule has 1 heterocycles. The largest absolute Gasteiger partial charge is 0.455 e. The van der Waals surface area contributed by atoms with Crippen molar-refractivity contribution in [2.75, 3.05) is 0 Å². The molecule has 2 aromatic rings. The van der Waals surface area contributed by atoms with E-state index in [0.29, 0.717) is 32.2 Å². The Bertz CT molecular complexity index is 578. The molecule has 1 aromatic heterocycles. The van der Waals surface area contributed by atoms with Gasteiger partial charge in [0.05, 0.1) is 15.1 Å². The number of oxime groups is 1. The lowest BCUT2D eigenvalue weighted by Gasteiger charge is -2.03. The summed E-state index contributed by atoms with van der Waals surface area (Å²) >= 11 is 17.8. The molecule has 0 amide bonds. The molecule has 3 nitrogen and oxygen atoms in total. The van der Waals surface area contributed by atoms with E-state index in [-0.39, 0.29) is 0 Å². The zero-order valence-electron chi connectivity index (χ0n) is 8.32. The summed E-state index contributed by atoms with van der Waals surface area (Å²) in [7, 11) is 0. The van der Waals surface area contributed by atoms with E-state index in [0.717, 1.165) is 0 Å². The zero-order chi connectivity index (χ0) is 12.4. The first-order valence-electron chi connectivity index (χ1n) is 4.54. The maximum Gasteiger partial charge on any atom is 0.149 e. The van der Waals surface area contributed by atoms with Crippen molar-refractivity contribution >= 4 is 41.0 Å². The van der Waals surface area contributed by atoms with E-state index in [4.69, 9.17) is 44.4 Å². The van der Waals surface area contributed by atoms with E-state index in [1.165, 1.54) is 6.21 Å². The van der Waals surface area contributed by atoms with Crippen LogP contribution in [-0.4, -0.2) is 11.4 Å². The maximum atomic E-state index is 8.38. The minimum absolute atomic E-state index is 0.379. The van der Waals surface area contributed by atoms with Crippen LogP contribution in [0, 0.1) is 0 Å². The van der Waals surface area contributed by atoms with Crippen LogP contribution in [0.1, 0.15) is 5.76 Å². The van der Waals surface area contributed by atoms with E-state index < -0.39 is 0 Å². The first kappa shape index (κ1) is 12.3. The molecule has 0 aliphatic heterocycles. The SMILES string of the molecule is O/N=C/c1ccc(-c2cc(Cl)c(Cl)cc2Cl)o1. The molecule has 0 saturated carbocycles. The Labute approximate surface area is 112 Å². The van der Waals surface area contributed by atoms with Crippen LogP contribution in [0.25, 0.3) is 11.3 Å². The van der Waals surface area contributed by atoms with Crippen molar-refractivity contribution in [3.05, 3.63) is 45.1 Å². The second-order valence-corrected chi connectivity index (χ2v) is 4.41. The van der Waals surface area contributed by atoms with Gasteiger partial charge in [0.1, 0.15) is 17.7 Å². The van der Waals surface area contributed by atoms with Gasteiger partial charge in [0.25, 0.3) is 0 Å². The standard InChI is InChI=1S/C11H6Cl3NO2/c12-8-4-10(14)9(13)3-7(8)11-2-1-6(17-11)5-15-16/h1-5,16H/b15-5+. The van der Waals surface area contributed by atoms with E-state index in [9.17, 15) is 0 Å². The lowest BCUT2D eigenvalue weighted by Crippen LogP contribution is -1.79. The summed E-state index contributed by atoms with van der Waals surface area (Å²) in [5, 5.41) is 12.4. The number of furan rings is 1. The Morgan fingerprint density at radius 1 is 1.06 bits per heavy atom. The fourth-order valence-electron chi connectivity index (χ4n) is 1.34. The predicted octanol–water partition coefficient (Wildman–Crippen LogP) is 4.71. The van der Waals surface area contributed by atoms with Crippen molar-refractivity contribution in [2.45, 2.75) is 0 Å². The number of hydrogen-bond acceptors (Lipinski definition) is 3. The maximum absolute atomic E-state index is 8.38. The quantitative estimate of drug-likeness (QED) is 0.376. The number of rotatable bonds is 2. The number of nitrogens with zero attached hydrogens (tertiary/aromatic N) is 1. The van der Waals surface area contributed by atoms with Crippen LogP contribution in [0.5, 0.6) is 0 Å². The van der Waals surface area contributed by atoms with Crippen LogP contribution in [0.15, 0.2) is 33.8 Å². The molecular weight excluding hydrogens is 284 g/mol. The Balaban J connectivity index is 2.48. The van der Waals surface area contributed by atoms with E-state index >= 15 is 0 Å². The molecule has 0 unspecified atom stereocenters. The highest BCUT2D eigenvalue weighted by Gasteiger charge is 2.11. The lowest BCUT2D eigenvalue weighted by atomic mass is 10.2. The van der Waals surface area contributed by atoms with Crippen molar-refractivity contribution in [1.29, 1.82) is 0 Å². The van der Waals surface area contributed by atoms with Crippen LogP contribution in [0.3, 0.4) is 0 Å². The third-order valence-electron chi connectivity index (χ3n) is 2.09. The summed E-state index contributed by atoms with van der Waals surface area (Å²) in [6.07, 6.45) is 1.18. The van der Waals surface area contributed by atoms with Crippen molar-refractivity contribution in [1.82, 2.24) is 0 Å². The summed E-state index contributed by atoms with van der Waals surface area (Å²) in [4.78, 5) is 0. The minimum atomic E-state index is 0.379. The molecule has 0 atom stereocenters. The fraction of sp³-hybridized carbons (Fsp3) is 0. The van der Waals surface area contributed by atoms with Gasteiger partial charge in [0, 0.05) is 5.56 Å². The highest BCUT2D eigenvalue weighted by Crippen LogP contribution is 2.35. The van der Waals surface area contributed by atoms with Gasteiger partial charge < -0.3 is 9.62 Å². The topological polar surface area (TPSA) is 45.7 Å². The number of benzene rings is 1. The Hall–Kier alpha value is -1.16. The molecular formula is C11H6Cl3NO2. The van der Waals surface area contributed by atoms with E-state index in [1.807, 2.05) is 0 Å². The van der Waals surface area contributed by atoms with Gasteiger partial charge in [-0.1, -0.05) is 40.0 Å². The first-order chi connectivity index (χ1) is 8.11. The molecule has 0 aliphatic carbocycles. The molecule has 0 fully saturated rings. The highest BCUT2D eigenvalue weighted by atomic mass is 35.5. The molecule has 0 saturated heterocycles. The van der Waals surface area contributed by atoms with Crippen LogP contribution < -0.4 is 0 Å². The second-order valence-electron chi connectivity index (χ2n) is 3.19. The molecule has 1 aromatic carbocycles. The van der Waals surface area contributed by atoms with Gasteiger partial charge in [-0.3, -0.25) is 0 Å². The van der Waals surface area contributed by atoms with Gasteiger partial charge in [0.15, 0.2) is 0 Å². The number of halogens is 3. The lowest BCUT2D eigenvalue weighted by molar-refractivity contribution is 0.321. The minimum Gasteiger partial charge on any atom is -0.455 e. The summed E-state index contributed by atoms with van der Waals surface area (Å²) in [5.74, 6) is 0.924. The third kappa shape index (κ3) is 2.57. The molecule has 17 heavy (non-hydrogen) atoms.